The first-order valence-electron chi connectivity index (χ1n) is 9.59. The van der Waals surface area contributed by atoms with E-state index in [1.807, 2.05) is 66.7 Å². The van der Waals surface area contributed by atoms with E-state index in [0.29, 0.717) is 35.2 Å². The summed E-state index contributed by atoms with van der Waals surface area (Å²) in [5.41, 5.74) is 2.46. The molecule has 0 aromatic heterocycles. The van der Waals surface area contributed by atoms with Gasteiger partial charge in [-0.05, 0) is 34.9 Å². The van der Waals surface area contributed by atoms with Crippen molar-refractivity contribution in [2.24, 2.45) is 0 Å². The number of methoxy groups -OCH3 is 1. The first-order valence-corrected chi connectivity index (χ1v) is 9.96. The van der Waals surface area contributed by atoms with Gasteiger partial charge in [0.05, 0.1) is 12.1 Å². The van der Waals surface area contributed by atoms with E-state index in [0.717, 1.165) is 11.1 Å². The number of carbonyl (C=O) groups excluding carboxylic acids is 1. The average Bonchev–Trinajstić information content (AvgIpc) is 2.81. The van der Waals surface area contributed by atoms with Gasteiger partial charge in [-0.25, -0.2) is 0 Å². The van der Waals surface area contributed by atoms with E-state index in [-0.39, 0.29) is 5.57 Å². The average molecular weight is 433 g/mol. The molecule has 0 fully saturated rings. The van der Waals surface area contributed by atoms with Crippen molar-refractivity contribution in [1.82, 2.24) is 5.32 Å². The number of hydrogen-bond donors (Lipinski definition) is 1. The van der Waals surface area contributed by atoms with Gasteiger partial charge in [-0.15, -0.1) is 0 Å². The molecule has 31 heavy (non-hydrogen) atoms. The van der Waals surface area contributed by atoms with Gasteiger partial charge in [0.1, 0.15) is 18.2 Å². The molecule has 0 aliphatic rings. The summed E-state index contributed by atoms with van der Waals surface area (Å²) in [5.74, 6) is 0.347. The lowest BCUT2D eigenvalue weighted by Crippen LogP contribution is -2.23. The number of nitrogens with one attached hydrogen (secondary N) is 1. The van der Waals surface area contributed by atoms with Gasteiger partial charge in [0.25, 0.3) is 5.91 Å². The molecule has 3 aromatic rings. The lowest BCUT2D eigenvalue weighted by molar-refractivity contribution is -0.117. The van der Waals surface area contributed by atoms with Crippen LogP contribution in [0, 0.1) is 11.3 Å². The first-order chi connectivity index (χ1) is 15.1. The summed E-state index contributed by atoms with van der Waals surface area (Å²) in [7, 11) is 1.51. The molecule has 0 atom stereocenters. The molecule has 156 valence electrons. The molecule has 0 spiro atoms. The van der Waals surface area contributed by atoms with Crippen molar-refractivity contribution in [3.8, 4) is 17.6 Å². The Labute approximate surface area is 186 Å². The Bertz CT molecular complexity index is 1110. The third-order valence-electron chi connectivity index (χ3n) is 4.45. The van der Waals surface area contributed by atoms with Crippen molar-refractivity contribution in [3.63, 3.8) is 0 Å². The minimum atomic E-state index is -0.467. The normalized spacial score (nSPS) is 10.8. The molecule has 1 N–H and O–H groups in total. The monoisotopic (exact) mass is 432 g/mol. The highest BCUT2D eigenvalue weighted by molar-refractivity contribution is 6.32. The number of nitrogens with zero attached hydrogens (tertiary/aromatic N) is 1. The Morgan fingerprint density at radius 1 is 1.06 bits per heavy atom. The minimum absolute atomic E-state index is 0.0352. The lowest BCUT2D eigenvalue weighted by Gasteiger charge is -2.13. The van der Waals surface area contributed by atoms with E-state index < -0.39 is 5.91 Å². The fraction of sp³-hybridized carbons (Fsp3) is 0.120. The summed E-state index contributed by atoms with van der Waals surface area (Å²) in [4.78, 5) is 12.4. The van der Waals surface area contributed by atoms with Crippen molar-refractivity contribution in [3.05, 3.63) is 100 Å². The van der Waals surface area contributed by atoms with Crippen LogP contribution in [0.2, 0.25) is 5.02 Å². The summed E-state index contributed by atoms with van der Waals surface area (Å²) in [6.45, 7) is 0.659. The van der Waals surface area contributed by atoms with Gasteiger partial charge in [0.2, 0.25) is 0 Å². The summed E-state index contributed by atoms with van der Waals surface area (Å²) in [5, 5.41) is 12.5. The number of rotatable bonds is 8. The highest BCUT2D eigenvalue weighted by atomic mass is 35.5. The Balaban J connectivity index is 1.76. The Hall–Kier alpha value is -3.75. The summed E-state index contributed by atoms with van der Waals surface area (Å²) >= 11 is 6.41. The molecule has 0 aliphatic carbocycles. The molecule has 0 heterocycles. The van der Waals surface area contributed by atoms with Gasteiger partial charge in [-0.2, -0.15) is 5.26 Å². The second kappa shape index (κ2) is 10.9. The zero-order valence-electron chi connectivity index (χ0n) is 17.0. The molecule has 0 saturated heterocycles. The van der Waals surface area contributed by atoms with Crippen LogP contribution in [-0.2, 0) is 17.9 Å². The molecule has 1 amide bonds. The zero-order valence-corrected chi connectivity index (χ0v) is 17.7. The van der Waals surface area contributed by atoms with Gasteiger partial charge in [0.15, 0.2) is 11.5 Å². The van der Waals surface area contributed by atoms with Crippen molar-refractivity contribution in [2.75, 3.05) is 7.11 Å². The van der Waals surface area contributed by atoms with Gasteiger partial charge in [-0.3, -0.25) is 4.79 Å². The molecular weight excluding hydrogens is 412 g/mol. The molecule has 0 bridgehead atoms. The highest BCUT2D eigenvalue weighted by Gasteiger charge is 2.14. The van der Waals surface area contributed by atoms with E-state index in [1.165, 1.54) is 13.2 Å². The van der Waals surface area contributed by atoms with Gasteiger partial charge in [0, 0.05) is 6.54 Å². The van der Waals surface area contributed by atoms with Gasteiger partial charge in [-0.1, -0.05) is 72.3 Å². The largest absolute Gasteiger partial charge is 0.493 e. The van der Waals surface area contributed by atoms with Crippen LogP contribution in [0.4, 0.5) is 0 Å². The minimum Gasteiger partial charge on any atom is -0.493 e. The van der Waals surface area contributed by atoms with Crippen LogP contribution in [0.3, 0.4) is 0 Å². The summed E-state index contributed by atoms with van der Waals surface area (Å²) < 4.78 is 11.3. The topological polar surface area (TPSA) is 71.3 Å². The Kier molecular flexibility index (Phi) is 7.69. The standard InChI is InChI=1S/C25H21ClN2O3/c1-30-23-14-20(13-22(26)24(23)31-17-19-10-6-3-7-11-19)12-21(15-27)25(29)28-16-18-8-4-2-5-9-18/h2-14H,16-17H2,1H3,(H,28,29)/b21-12-. The summed E-state index contributed by atoms with van der Waals surface area (Å²) in [6.07, 6.45) is 1.47. The fourth-order valence-corrected chi connectivity index (χ4v) is 3.16. The van der Waals surface area contributed by atoms with E-state index in [4.69, 9.17) is 21.1 Å². The van der Waals surface area contributed by atoms with E-state index >= 15 is 0 Å². The predicted octanol–water partition coefficient (Wildman–Crippen LogP) is 5.15. The Morgan fingerprint density at radius 3 is 2.32 bits per heavy atom. The Morgan fingerprint density at radius 2 is 1.71 bits per heavy atom. The van der Waals surface area contributed by atoms with Crippen LogP contribution >= 0.6 is 11.6 Å². The quantitative estimate of drug-likeness (QED) is 0.394. The number of amides is 1. The molecule has 0 aliphatic heterocycles. The van der Waals surface area contributed by atoms with Crippen molar-refractivity contribution in [1.29, 1.82) is 5.26 Å². The van der Waals surface area contributed by atoms with Crippen LogP contribution in [0.15, 0.2) is 78.4 Å². The second-order valence-electron chi connectivity index (χ2n) is 6.65. The molecule has 0 saturated carbocycles. The molecule has 0 unspecified atom stereocenters. The second-order valence-corrected chi connectivity index (χ2v) is 7.05. The fourth-order valence-electron chi connectivity index (χ4n) is 2.88. The van der Waals surface area contributed by atoms with Crippen LogP contribution in [0.25, 0.3) is 6.08 Å². The molecule has 0 radical (unpaired) electrons. The maximum Gasteiger partial charge on any atom is 0.262 e. The molecule has 3 rings (SSSR count). The van der Waals surface area contributed by atoms with Crippen LogP contribution < -0.4 is 14.8 Å². The SMILES string of the molecule is COc1cc(/C=C(/C#N)C(=O)NCc2ccccc2)cc(Cl)c1OCc1ccccc1. The predicted molar refractivity (Wildman–Crippen MR) is 121 cm³/mol. The highest BCUT2D eigenvalue weighted by Crippen LogP contribution is 2.37. The van der Waals surface area contributed by atoms with E-state index in [2.05, 4.69) is 5.32 Å². The van der Waals surface area contributed by atoms with Crippen LogP contribution in [0.5, 0.6) is 11.5 Å². The maximum absolute atomic E-state index is 12.4. The van der Waals surface area contributed by atoms with Gasteiger partial charge >= 0.3 is 0 Å². The van der Waals surface area contributed by atoms with E-state index in [1.54, 1.807) is 12.1 Å². The zero-order chi connectivity index (χ0) is 22.1. The smallest absolute Gasteiger partial charge is 0.262 e. The van der Waals surface area contributed by atoms with Crippen molar-refractivity contribution >= 4 is 23.6 Å². The number of ether oxygens (including phenoxy) is 2. The van der Waals surface area contributed by atoms with Crippen LogP contribution in [0.1, 0.15) is 16.7 Å². The van der Waals surface area contributed by atoms with Crippen LogP contribution in [-0.4, -0.2) is 13.0 Å². The third-order valence-corrected chi connectivity index (χ3v) is 4.73. The number of benzene rings is 3. The number of nitriles is 1. The molecular formula is C25H21ClN2O3. The van der Waals surface area contributed by atoms with Crippen molar-refractivity contribution in [2.45, 2.75) is 13.2 Å². The number of carbonyl (C=O) groups is 1. The number of hydrogen-bond acceptors (Lipinski definition) is 4. The molecule has 5 nitrogen and oxygen atoms in total. The number of halogens is 1. The first kappa shape index (κ1) is 21.9. The van der Waals surface area contributed by atoms with Crippen molar-refractivity contribution < 1.29 is 14.3 Å². The lowest BCUT2D eigenvalue weighted by atomic mass is 10.1. The van der Waals surface area contributed by atoms with E-state index in [9.17, 15) is 10.1 Å². The van der Waals surface area contributed by atoms with Gasteiger partial charge < -0.3 is 14.8 Å². The molecule has 3 aromatic carbocycles. The molecule has 6 heteroatoms. The third kappa shape index (κ3) is 6.11. The summed E-state index contributed by atoms with van der Waals surface area (Å²) in [6, 6.07) is 24.4. The maximum atomic E-state index is 12.4.